The summed E-state index contributed by atoms with van der Waals surface area (Å²) in [7, 11) is 0. The van der Waals surface area contributed by atoms with E-state index in [2.05, 4.69) is 13.8 Å². The highest BCUT2D eigenvalue weighted by atomic mass is 16.2. The Morgan fingerprint density at radius 3 is 2.31 bits per heavy atom. The van der Waals surface area contributed by atoms with Crippen molar-refractivity contribution >= 4 is 11.8 Å². The Bertz CT molecular complexity index is 949. The van der Waals surface area contributed by atoms with Crippen LogP contribution < -0.4 is 0 Å². The van der Waals surface area contributed by atoms with Gasteiger partial charge in [0.15, 0.2) is 0 Å². The minimum Gasteiger partial charge on any atom is -0.338 e. The third-order valence-corrected chi connectivity index (χ3v) is 5.96. The molecule has 0 saturated carbocycles. The van der Waals surface area contributed by atoms with Crippen LogP contribution in [-0.4, -0.2) is 50.5 Å². The highest BCUT2D eigenvalue weighted by molar-refractivity contribution is 5.99. The smallest absolute Gasteiger partial charge is 0.273 e. The molecular weight excluding hydrogens is 364 g/mol. The van der Waals surface area contributed by atoms with Gasteiger partial charge in [-0.2, -0.15) is 5.10 Å². The van der Waals surface area contributed by atoms with Crippen LogP contribution in [0.5, 0.6) is 0 Å². The molecule has 1 saturated heterocycles. The lowest BCUT2D eigenvalue weighted by Crippen LogP contribution is -2.63. The molecule has 0 bridgehead atoms. The summed E-state index contributed by atoms with van der Waals surface area (Å²) in [5.74, 6) is 0.432. The first-order chi connectivity index (χ1) is 13.6. The Balaban J connectivity index is 1.67. The standard InChI is InChI=1S/C23H30N4O2/c1-14(2)19-18-15(3)24-27(16-10-8-7-9-11-16)20(18)21(28)26(19)17-12-25(13-17)22(29)23(4,5)6/h7-11,14,17,19H,12-13H2,1-6H3. The Labute approximate surface area is 172 Å². The van der Waals surface area contributed by atoms with Gasteiger partial charge in [-0.3, -0.25) is 9.59 Å². The van der Waals surface area contributed by atoms with E-state index in [1.807, 2.05) is 67.8 Å². The van der Waals surface area contributed by atoms with Gasteiger partial charge in [0.25, 0.3) is 5.91 Å². The predicted octanol–water partition coefficient (Wildman–Crippen LogP) is 3.59. The number of fused-ring (bicyclic) bond motifs is 1. The van der Waals surface area contributed by atoms with Crippen molar-refractivity contribution in [1.29, 1.82) is 0 Å². The van der Waals surface area contributed by atoms with Crippen LogP contribution in [-0.2, 0) is 4.79 Å². The van der Waals surface area contributed by atoms with Gasteiger partial charge in [-0.15, -0.1) is 0 Å². The second-order valence-corrected chi connectivity index (χ2v) is 9.61. The normalized spacial score (nSPS) is 19.7. The van der Waals surface area contributed by atoms with E-state index in [1.165, 1.54) is 0 Å². The lowest BCUT2D eigenvalue weighted by Gasteiger charge is -2.48. The van der Waals surface area contributed by atoms with E-state index < -0.39 is 5.41 Å². The van der Waals surface area contributed by atoms with Gasteiger partial charge in [0.1, 0.15) is 5.69 Å². The van der Waals surface area contributed by atoms with Crippen molar-refractivity contribution < 1.29 is 9.59 Å². The molecule has 0 aliphatic carbocycles. The summed E-state index contributed by atoms with van der Waals surface area (Å²) in [4.78, 5) is 30.0. The molecule has 4 rings (SSSR count). The Hall–Kier alpha value is -2.63. The van der Waals surface area contributed by atoms with Crippen LogP contribution in [0.3, 0.4) is 0 Å². The lowest BCUT2D eigenvalue weighted by atomic mass is 9.90. The number of aromatic nitrogens is 2. The van der Waals surface area contributed by atoms with Gasteiger partial charge >= 0.3 is 0 Å². The van der Waals surface area contributed by atoms with Crippen LogP contribution in [0.2, 0.25) is 0 Å². The quantitative estimate of drug-likeness (QED) is 0.799. The van der Waals surface area contributed by atoms with Gasteiger partial charge < -0.3 is 9.80 Å². The van der Waals surface area contributed by atoms with Crippen molar-refractivity contribution in [1.82, 2.24) is 19.6 Å². The molecule has 6 heteroatoms. The fraction of sp³-hybridized carbons (Fsp3) is 0.522. The monoisotopic (exact) mass is 394 g/mol. The van der Waals surface area contributed by atoms with Gasteiger partial charge in [-0.1, -0.05) is 52.8 Å². The van der Waals surface area contributed by atoms with E-state index in [0.29, 0.717) is 18.8 Å². The number of carbonyl (C=O) groups is 2. The largest absolute Gasteiger partial charge is 0.338 e. The molecule has 2 aromatic rings. The minimum absolute atomic E-state index is 0.00755. The van der Waals surface area contributed by atoms with Crippen molar-refractivity contribution in [3.63, 3.8) is 0 Å². The average molecular weight is 395 g/mol. The van der Waals surface area contributed by atoms with E-state index in [1.54, 1.807) is 4.68 Å². The molecule has 1 aromatic carbocycles. The van der Waals surface area contributed by atoms with Crippen molar-refractivity contribution in [2.24, 2.45) is 11.3 Å². The third kappa shape index (κ3) is 3.05. The predicted molar refractivity (Wildman–Crippen MR) is 112 cm³/mol. The molecule has 1 atom stereocenters. The molecule has 0 spiro atoms. The zero-order valence-electron chi connectivity index (χ0n) is 18.1. The second kappa shape index (κ2) is 6.71. The summed E-state index contributed by atoms with van der Waals surface area (Å²) >= 11 is 0. The molecule has 29 heavy (non-hydrogen) atoms. The van der Waals surface area contributed by atoms with Crippen LogP contribution in [0.1, 0.15) is 62.4 Å². The maximum Gasteiger partial charge on any atom is 0.273 e. The fourth-order valence-electron chi connectivity index (χ4n) is 4.56. The third-order valence-electron chi connectivity index (χ3n) is 5.96. The number of para-hydroxylation sites is 1. The van der Waals surface area contributed by atoms with E-state index in [0.717, 1.165) is 16.9 Å². The van der Waals surface area contributed by atoms with Crippen LogP contribution in [0.25, 0.3) is 5.69 Å². The number of likely N-dealkylation sites (tertiary alicyclic amines) is 1. The summed E-state index contributed by atoms with van der Waals surface area (Å²) in [6, 6.07) is 9.86. The van der Waals surface area contributed by atoms with Crippen LogP contribution in [0, 0.1) is 18.3 Å². The number of hydrogen-bond donors (Lipinski definition) is 0. The molecule has 0 N–H and O–H groups in total. The van der Waals surface area contributed by atoms with Gasteiger partial charge in [0, 0.05) is 24.1 Å². The number of amides is 2. The summed E-state index contributed by atoms with van der Waals surface area (Å²) in [5.41, 5.74) is 3.11. The van der Waals surface area contributed by atoms with Gasteiger partial charge in [0.05, 0.1) is 23.5 Å². The molecule has 3 heterocycles. The molecule has 2 aliphatic rings. The SMILES string of the molecule is Cc1nn(-c2ccccc2)c2c1C(C(C)C)N(C1CN(C(=O)C(C)(C)C)C1)C2=O. The first kappa shape index (κ1) is 19.7. The number of carbonyl (C=O) groups excluding carboxylic acids is 2. The Morgan fingerprint density at radius 2 is 1.76 bits per heavy atom. The number of rotatable bonds is 3. The molecule has 154 valence electrons. The van der Waals surface area contributed by atoms with Gasteiger partial charge in [-0.05, 0) is 25.0 Å². The Morgan fingerprint density at radius 1 is 1.14 bits per heavy atom. The average Bonchev–Trinajstić information content (AvgIpc) is 3.10. The molecule has 1 aromatic heterocycles. The van der Waals surface area contributed by atoms with E-state index in [9.17, 15) is 9.59 Å². The van der Waals surface area contributed by atoms with Gasteiger partial charge in [0.2, 0.25) is 5.91 Å². The molecule has 6 nitrogen and oxygen atoms in total. The van der Waals surface area contributed by atoms with Crippen LogP contribution in [0.4, 0.5) is 0 Å². The molecular formula is C23H30N4O2. The molecule has 2 amide bonds. The van der Waals surface area contributed by atoms with Crippen molar-refractivity contribution in [3.05, 3.63) is 47.3 Å². The minimum atomic E-state index is -0.398. The fourth-order valence-corrected chi connectivity index (χ4v) is 4.56. The highest BCUT2D eigenvalue weighted by Gasteiger charge is 2.50. The summed E-state index contributed by atoms with van der Waals surface area (Å²) < 4.78 is 1.79. The zero-order chi connectivity index (χ0) is 21.1. The number of aryl methyl sites for hydroxylation is 1. The first-order valence-electron chi connectivity index (χ1n) is 10.4. The van der Waals surface area contributed by atoms with Crippen LogP contribution >= 0.6 is 0 Å². The van der Waals surface area contributed by atoms with E-state index in [-0.39, 0.29) is 29.8 Å². The van der Waals surface area contributed by atoms with Gasteiger partial charge in [-0.25, -0.2) is 4.68 Å². The van der Waals surface area contributed by atoms with E-state index in [4.69, 9.17) is 5.10 Å². The Kier molecular flexibility index (Phi) is 4.56. The van der Waals surface area contributed by atoms with Crippen molar-refractivity contribution in [2.45, 2.75) is 53.6 Å². The summed E-state index contributed by atoms with van der Waals surface area (Å²) in [6.07, 6.45) is 0. The van der Waals surface area contributed by atoms with Crippen molar-refractivity contribution in [2.75, 3.05) is 13.1 Å². The van der Waals surface area contributed by atoms with E-state index >= 15 is 0 Å². The number of benzene rings is 1. The maximum atomic E-state index is 13.6. The number of hydrogen-bond acceptors (Lipinski definition) is 3. The summed E-state index contributed by atoms with van der Waals surface area (Å²) in [5, 5.41) is 4.70. The highest BCUT2D eigenvalue weighted by Crippen LogP contribution is 2.44. The number of nitrogens with zero attached hydrogens (tertiary/aromatic N) is 4. The molecule has 1 fully saturated rings. The topological polar surface area (TPSA) is 58.4 Å². The molecule has 0 radical (unpaired) electrons. The molecule has 1 unspecified atom stereocenters. The van der Waals surface area contributed by atoms with Crippen molar-refractivity contribution in [3.8, 4) is 5.69 Å². The first-order valence-corrected chi connectivity index (χ1v) is 10.4. The lowest BCUT2D eigenvalue weighted by molar-refractivity contribution is -0.147. The zero-order valence-corrected chi connectivity index (χ0v) is 18.1. The summed E-state index contributed by atoms with van der Waals surface area (Å²) in [6.45, 7) is 13.3. The van der Waals surface area contributed by atoms with Crippen LogP contribution in [0.15, 0.2) is 30.3 Å². The molecule has 2 aliphatic heterocycles. The maximum absolute atomic E-state index is 13.6. The second-order valence-electron chi connectivity index (χ2n) is 9.61.